The van der Waals surface area contributed by atoms with E-state index in [2.05, 4.69) is 0 Å². The second-order valence-corrected chi connectivity index (χ2v) is 4.21. The molecule has 0 saturated heterocycles. The molecular formula is C15H15F2NO2. The fourth-order valence-electron chi connectivity index (χ4n) is 1.75. The molecule has 0 aromatic heterocycles. The van der Waals surface area contributed by atoms with Crippen LogP contribution in [0.25, 0.3) is 0 Å². The van der Waals surface area contributed by atoms with Gasteiger partial charge in [-0.2, -0.15) is 0 Å². The van der Waals surface area contributed by atoms with E-state index in [1.165, 1.54) is 25.3 Å². The number of methoxy groups -OCH3 is 1. The average molecular weight is 279 g/mol. The summed E-state index contributed by atoms with van der Waals surface area (Å²) in [7, 11) is 1.40. The molecule has 20 heavy (non-hydrogen) atoms. The van der Waals surface area contributed by atoms with Gasteiger partial charge in [-0.3, -0.25) is 0 Å². The molecule has 106 valence electrons. The molecule has 2 aromatic rings. The Kier molecular flexibility index (Phi) is 4.53. The second-order valence-electron chi connectivity index (χ2n) is 4.21. The predicted octanol–water partition coefficient (Wildman–Crippen LogP) is 3.01. The molecule has 0 amide bonds. The Hall–Kier alpha value is -2.14. The lowest BCUT2D eigenvalue weighted by atomic mass is 10.2. The fourth-order valence-corrected chi connectivity index (χ4v) is 1.75. The van der Waals surface area contributed by atoms with Crippen LogP contribution in [0.3, 0.4) is 0 Å². The number of ether oxygens (including phenoxy) is 2. The van der Waals surface area contributed by atoms with E-state index in [4.69, 9.17) is 15.2 Å². The van der Waals surface area contributed by atoms with E-state index in [1.54, 1.807) is 18.2 Å². The van der Waals surface area contributed by atoms with Crippen LogP contribution in [-0.4, -0.2) is 7.11 Å². The molecule has 0 saturated carbocycles. The van der Waals surface area contributed by atoms with Gasteiger partial charge in [0.25, 0.3) is 0 Å². The summed E-state index contributed by atoms with van der Waals surface area (Å²) in [6, 6.07) is 8.99. The molecule has 0 heterocycles. The van der Waals surface area contributed by atoms with Gasteiger partial charge in [0.2, 0.25) is 0 Å². The molecule has 0 aliphatic rings. The second kappa shape index (κ2) is 6.34. The molecule has 0 fully saturated rings. The van der Waals surface area contributed by atoms with Crippen LogP contribution in [0.5, 0.6) is 11.5 Å². The normalized spacial score (nSPS) is 10.4. The van der Waals surface area contributed by atoms with Crippen molar-refractivity contribution in [1.29, 1.82) is 0 Å². The van der Waals surface area contributed by atoms with Gasteiger partial charge in [0.1, 0.15) is 18.2 Å². The van der Waals surface area contributed by atoms with Crippen molar-refractivity contribution >= 4 is 0 Å². The largest absolute Gasteiger partial charge is 0.494 e. The molecule has 0 spiro atoms. The average Bonchev–Trinajstić information content (AvgIpc) is 2.45. The minimum absolute atomic E-state index is 0.135. The zero-order valence-electron chi connectivity index (χ0n) is 11.0. The lowest BCUT2D eigenvalue weighted by Crippen LogP contribution is -2.01. The highest BCUT2D eigenvalue weighted by Crippen LogP contribution is 2.20. The van der Waals surface area contributed by atoms with Crippen LogP contribution in [-0.2, 0) is 13.2 Å². The highest BCUT2D eigenvalue weighted by Gasteiger charge is 2.06. The maximum absolute atomic E-state index is 13.5. The van der Waals surface area contributed by atoms with Crippen molar-refractivity contribution < 1.29 is 18.3 Å². The van der Waals surface area contributed by atoms with E-state index in [0.29, 0.717) is 16.9 Å². The molecule has 2 aromatic carbocycles. The molecule has 0 aliphatic carbocycles. The quantitative estimate of drug-likeness (QED) is 0.915. The van der Waals surface area contributed by atoms with Crippen molar-refractivity contribution in [3.8, 4) is 11.5 Å². The van der Waals surface area contributed by atoms with Crippen LogP contribution >= 0.6 is 0 Å². The van der Waals surface area contributed by atoms with Gasteiger partial charge in [0.15, 0.2) is 11.6 Å². The van der Waals surface area contributed by atoms with Gasteiger partial charge < -0.3 is 15.2 Å². The summed E-state index contributed by atoms with van der Waals surface area (Å²) in [6.07, 6.45) is 0. The van der Waals surface area contributed by atoms with Crippen LogP contribution in [0.2, 0.25) is 0 Å². The van der Waals surface area contributed by atoms with E-state index < -0.39 is 11.6 Å². The minimum Gasteiger partial charge on any atom is -0.494 e. The van der Waals surface area contributed by atoms with E-state index in [1.807, 2.05) is 0 Å². The summed E-state index contributed by atoms with van der Waals surface area (Å²) in [5.74, 6) is -0.327. The third-order valence-electron chi connectivity index (χ3n) is 2.87. The van der Waals surface area contributed by atoms with Gasteiger partial charge in [-0.1, -0.05) is 12.1 Å². The monoisotopic (exact) mass is 279 g/mol. The first kappa shape index (κ1) is 14.3. The first-order chi connectivity index (χ1) is 9.63. The van der Waals surface area contributed by atoms with Gasteiger partial charge in [-0.05, 0) is 23.8 Å². The minimum atomic E-state index is -0.460. The predicted molar refractivity (Wildman–Crippen MR) is 71.6 cm³/mol. The van der Waals surface area contributed by atoms with Crippen LogP contribution in [0.1, 0.15) is 11.1 Å². The van der Waals surface area contributed by atoms with Gasteiger partial charge in [-0.25, -0.2) is 8.78 Å². The first-order valence-electron chi connectivity index (χ1n) is 6.07. The van der Waals surface area contributed by atoms with Crippen molar-refractivity contribution in [2.75, 3.05) is 7.11 Å². The van der Waals surface area contributed by atoms with Crippen molar-refractivity contribution in [1.82, 2.24) is 0 Å². The topological polar surface area (TPSA) is 44.5 Å². The highest BCUT2D eigenvalue weighted by molar-refractivity contribution is 5.31. The number of halogens is 2. The maximum atomic E-state index is 13.5. The Morgan fingerprint density at radius 1 is 1.05 bits per heavy atom. The Labute approximate surface area is 115 Å². The number of nitrogens with two attached hydrogens (primary N) is 1. The molecule has 2 rings (SSSR count). The molecule has 0 bridgehead atoms. The third kappa shape index (κ3) is 3.24. The lowest BCUT2D eigenvalue weighted by Gasteiger charge is -2.09. The van der Waals surface area contributed by atoms with Crippen LogP contribution in [0, 0.1) is 11.6 Å². The molecule has 0 aliphatic heterocycles. The Morgan fingerprint density at radius 3 is 2.45 bits per heavy atom. The van der Waals surface area contributed by atoms with Crippen LogP contribution < -0.4 is 15.2 Å². The van der Waals surface area contributed by atoms with Crippen molar-refractivity contribution in [2.45, 2.75) is 13.2 Å². The molecule has 2 N–H and O–H groups in total. The molecule has 5 heteroatoms. The Morgan fingerprint density at radius 2 is 1.85 bits per heavy atom. The lowest BCUT2D eigenvalue weighted by molar-refractivity contribution is 0.303. The fraction of sp³-hybridized carbons (Fsp3) is 0.200. The summed E-state index contributed by atoms with van der Waals surface area (Å²) < 4.78 is 37.2. The Balaban J connectivity index is 2.05. The van der Waals surface area contributed by atoms with E-state index >= 15 is 0 Å². The highest BCUT2D eigenvalue weighted by atomic mass is 19.1. The third-order valence-corrected chi connectivity index (χ3v) is 2.87. The molecule has 3 nitrogen and oxygen atoms in total. The van der Waals surface area contributed by atoms with E-state index in [9.17, 15) is 8.78 Å². The van der Waals surface area contributed by atoms with E-state index in [0.717, 1.165) is 0 Å². The summed E-state index contributed by atoms with van der Waals surface area (Å²) in [5, 5.41) is 0. The van der Waals surface area contributed by atoms with Gasteiger partial charge in [-0.15, -0.1) is 0 Å². The maximum Gasteiger partial charge on any atom is 0.165 e. The SMILES string of the molecule is COc1ccc(COc2ccc(CN)c(F)c2)cc1F. The number of hydrogen-bond acceptors (Lipinski definition) is 3. The molecule has 0 radical (unpaired) electrons. The molecule has 0 atom stereocenters. The molecular weight excluding hydrogens is 264 g/mol. The van der Waals surface area contributed by atoms with Crippen molar-refractivity contribution in [3.63, 3.8) is 0 Å². The Bertz CT molecular complexity index is 549. The summed E-state index contributed by atoms with van der Waals surface area (Å²) >= 11 is 0. The van der Waals surface area contributed by atoms with Gasteiger partial charge in [0, 0.05) is 18.2 Å². The summed E-state index contributed by atoms with van der Waals surface area (Å²) in [6.45, 7) is 0.276. The van der Waals surface area contributed by atoms with Crippen LogP contribution in [0.15, 0.2) is 36.4 Å². The zero-order chi connectivity index (χ0) is 14.5. The smallest absolute Gasteiger partial charge is 0.165 e. The van der Waals surface area contributed by atoms with Crippen molar-refractivity contribution in [3.05, 3.63) is 59.2 Å². The summed E-state index contributed by atoms with van der Waals surface area (Å²) in [4.78, 5) is 0. The first-order valence-corrected chi connectivity index (χ1v) is 6.07. The van der Waals surface area contributed by atoms with Crippen LogP contribution in [0.4, 0.5) is 8.78 Å². The van der Waals surface area contributed by atoms with Gasteiger partial charge in [0.05, 0.1) is 7.11 Å². The number of hydrogen-bond donors (Lipinski definition) is 1. The summed E-state index contributed by atoms with van der Waals surface area (Å²) in [5.41, 5.74) is 6.43. The molecule has 0 unspecified atom stereocenters. The van der Waals surface area contributed by atoms with Gasteiger partial charge >= 0.3 is 0 Å². The zero-order valence-corrected chi connectivity index (χ0v) is 11.0. The number of rotatable bonds is 5. The number of benzene rings is 2. The van der Waals surface area contributed by atoms with Crippen molar-refractivity contribution in [2.24, 2.45) is 5.73 Å². The standard InChI is InChI=1S/C15H15F2NO2/c1-19-15-5-2-10(6-14(15)17)9-20-12-4-3-11(8-18)13(16)7-12/h2-7H,8-9,18H2,1H3. The van der Waals surface area contributed by atoms with E-state index in [-0.39, 0.29) is 18.9 Å².